The van der Waals surface area contributed by atoms with Crippen molar-refractivity contribution in [2.45, 2.75) is 47.6 Å². The molecular weight excluding hydrogens is 256 g/mol. The number of carbonyl (C=O) groups is 2. The van der Waals surface area contributed by atoms with Crippen LogP contribution in [0.1, 0.15) is 41.5 Å². The molecule has 5 heteroatoms. The van der Waals surface area contributed by atoms with Crippen molar-refractivity contribution >= 4 is 12.0 Å². The Labute approximate surface area is 124 Å². The highest BCUT2D eigenvalue weighted by atomic mass is 16.5. The molecule has 0 heterocycles. The maximum Gasteiger partial charge on any atom is 0.407 e. The molecule has 1 N–H and O–H groups in total. The van der Waals surface area contributed by atoms with Gasteiger partial charge >= 0.3 is 6.09 Å². The zero-order valence-electron chi connectivity index (χ0n) is 14.3. The summed E-state index contributed by atoms with van der Waals surface area (Å²) in [6.07, 6.45) is 1.17. The van der Waals surface area contributed by atoms with E-state index in [0.29, 0.717) is 6.54 Å². The number of hydrogen-bond donors (Lipinski definition) is 1. The number of alkyl carbamates (subject to hydrolysis) is 1. The van der Waals surface area contributed by atoms with Crippen molar-refractivity contribution in [3.05, 3.63) is 12.7 Å². The smallest absolute Gasteiger partial charge is 0.407 e. The molecule has 0 aromatic carbocycles. The molecule has 0 bridgehead atoms. The van der Waals surface area contributed by atoms with Crippen molar-refractivity contribution in [1.82, 2.24) is 10.2 Å². The highest BCUT2D eigenvalue weighted by Gasteiger charge is 2.26. The Hall–Kier alpha value is -1.52. The van der Waals surface area contributed by atoms with E-state index in [4.69, 9.17) is 0 Å². The van der Waals surface area contributed by atoms with Gasteiger partial charge in [0, 0.05) is 13.6 Å². The minimum atomic E-state index is -0.577. The van der Waals surface area contributed by atoms with Gasteiger partial charge in [-0.25, -0.2) is 4.79 Å². The summed E-state index contributed by atoms with van der Waals surface area (Å²) in [5, 5.41) is 2.53. The number of methoxy groups -OCH3 is 1. The summed E-state index contributed by atoms with van der Waals surface area (Å²) in [4.78, 5) is 24.4. The third kappa shape index (κ3) is 11.6. The van der Waals surface area contributed by atoms with E-state index in [0.717, 1.165) is 0 Å². The highest BCUT2D eigenvalue weighted by Crippen LogP contribution is 2.05. The third-order valence-corrected chi connectivity index (χ3v) is 2.24. The Morgan fingerprint density at radius 2 is 1.75 bits per heavy atom. The topological polar surface area (TPSA) is 58.6 Å². The van der Waals surface area contributed by atoms with Crippen molar-refractivity contribution in [2.75, 3.05) is 20.7 Å². The minimum absolute atomic E-state index is 0.0330. The molecular formula is C15H32N2O3. The van der Waals surface area contributed by atoms with E-state index in [9.17, 15) is 9.59 Å². The van der Waals surface area contributed by atoms with Crippen molar-refractivity contribution in [1.29, 1.82) is 0 Å². The van der Waals surface area contributed by atoms with Crippen LogP contribution in [0.3, 0.4) is 0 Å². The fourth-order valence-corrected chi connectivity index (χ4v) is 1.09. The lowest BCUT2D eigenvalue weighted by Crippen LogP contribution is -2.50. The molecule has 0 fully saturated rings. The van der Waals surface area contributed by atoms with Crippen LogP contribution in [0.4, 0.5) is 4.79 Å². The van der Waals surface area contributed by atoms with Crippen LogP contribution in [0.5, 0.6) is 0 Å². The van der Waals surface area contributed by atoms with Gasteiger partial charge in [-0.1, -0.05) is 33.8 Å². The number of amides is 2. The summed E-state index contributed by atoms with van der Waals surface area (Å²) in [6.45, 7) is 15.5. The summed E-state index contributed by atoms with van der Waals surface area (Å²) >= 11 is 0. The average Bonchev–Trinajstić information content (AvgIpc) is 2.45. The fourth-order valence-electron chi connectivity index (χ4n) is 1.09. The van der Waals surface area contributed by atoms with Crippen LogP contribution in [0.15, 0.2) is 12.7 Å². The van der Waals surface area contributed by atoms with E-state index in [1.807, 2.05) is 41.5 Å². The zero-order valence-corrected chi connectivity index (χ0v) is 14.3. The van der Waals surface area contributed by atoms with Crippen molar-refractivity contribution < 1.29 is 14.3 Å². The first kappa shape index (κ1) is 23.6. The van der Waals surface area contributed by atoms with E-state index < -0.39 is 12.1 Å². The Balaban J connectivity index is -0.000000505. The first-order valence-corrected chi connectivity index (χ1v) is 7.02. The number of nitrogens with one attached hydrogen (secondary N) is 1. The van der Waals surface area contributed by atoms with Crippen molar-refractivity contribution in [3.63, 3.8) is 0 Å². The summed E-state index contributed by atoms with van der Waals surface area (Å²) < 4.78 is 4.47. The molecule has 0 saturated carbocycles. The number of allylic oxidation sites excluding steroid dienone is 1. The van der Waals surface area contributed by atoms with Gasteiger partial charge in [0.2, 0.25) is 5.91 Å². The third-order valence-electron chi connectivity index (χ3n) is 2.24. The molecule has 0 aromatic heterocycles. The van der Waals surface area contributed by atoms with Crippen LogP contribution in [0.2, 0.25) is 0 Å². The molecule has 120 valence electrons. The largest absolute Gasteiger partial charge is 0.453 e. The van der Waals surface area contributed by atoms with Gasteiger partial charge in [-0.2, -0.15) is 0 Å². The molecule has 2 amide bonds. The molecule has 20 heavy (non-hydrogen) atoms. The van der Waals surface area contributed by atoms with Gasteiger partial charge in [-0.15, -0.1) is 6.58 Å². The molecule has 0 spiro atoms. The molecule has 0 radical (unpaired) electrons. The second-order valence-corrected chi connectivity index (χ2v) is 4.12. The molecule has 0 saturated heterocycles. The lowest BCUT2D eigenvalue weighted by molar-refractivity contribution is -0.132. The van der Waals surface area contributed by atoms with Gasteiger partial charge in [0.05, 0.1) is 7.11 Å². The van der Waals surface area contributed by atoms with Crippen LogP contribution < -0.4 is 5.32 Å². The normalized spacial score (nSPS) is 10.1. The Kier molecular flexibility index (Phi) is 18.3. The van der Waals surface area contributed by atoms with Crippen molar-refractivity contribution in [3.8, 4) is 0 Å². The number of ether oxygens (including phenoxy) is 1. The minimum Gasteiger partial charge on any atom is -0.453 e. The maximum absolute atomic E-state index is 11.8. The fraction of sp³-hybridized carbons (Fsp3) is 0.733. The van der Waals surface area contributed by atoms with Gasteiger partial charge in [-0.3, -0.25) is 4.79 Å². The number of likely N-dealkylation sites (N-methyl/N-ethyl adjacent to an activating group) is 1. The predicted molar refractivity (Wildman–Crippen MR) is 84.7 cm³/mol. The number of rotatable bonds is 4. The van der Waals surface area contributed by atoms with Gasteiger partial charge in [0.25, 0.3) is 0 Å². The lowest BCUT2D eigenvalue weighted by atomic mass is 10.0. The van der Waals surface area contributed by atoms with Gasteiger partial charge in [-0.05, 0) is 19.8 Å². The first-order valence-electron chi connectivity index (χ1n) is 7.02. The van der Waals surface area contributed by atoms with Crippen LogP contribution >= 0.6 is 0 Å². The molecule has 0 rings (SSSR count). The van der Waals surface area contributed by atoms with Crippen LogP contribution in [-0.2, 0) is 9.53 Å². The Morgan fingerprint density at radius 3 is 2.00 bits per heavy atom. The SMILES string of the molecule is C=CC.CC.CCN(C)C(=O)C(NC(=O)OC)C(C)C. The maximum atomic E-state index is 11.8. The van der Waals surface area contributed by atoms with E-state index in [1.54, 1.807) is 18.0 Å². The average molecular weight is 288 g/mol. The number of hydrogen-bond acceptors (Lipinski definition) is 3. The Bertz CT molecular complexity index is 266. The number of nitrogens with zero attached hydrogens (tertiary/aromatic N) is 1. The number of carbonyl (C=O) groups excluding carboxylic acids is 2. The van der Waals surface area contributed by atoms with Gasteiger partial charge in [0.1, 0.15) is 6.04 Å². The summed E-state index contributed by atoms with van der Waals surface area (Å²) in [5.41, 5.74) is 0. The van der Waals surface area contributed by atoms with Crippen molar-refractivity contribution in [2.24, 2.45) is 5.92 Å². The summed E-state index contributed by atoms with van der Waals surface area (Å²) in [6, 6.07) is -0.526. The van der Waals surface area contributed by atoms with Gasteiger partial charge in [0.15, 0.2) is 0 Å². The van der Waals surface area contributed by atoms with Gasteiger partial charge < -0.3 is 15.0 Å². The zero-order chi connectivity index (χ0) is 16.7. The van der Waals surface area contributed by atoms with Crippen LogP contribution in [0, 0.1) is 5.92 Å². The molecule has 0 aliphatic rings. The molecule has 0 aliphatic carbocycles. The monoisotopic (exact) mass is 288 g/mol. The highest BCUT2D eigenvalue weighted by molar-refractivity contribution is 5.85. The quantitative estimate of drug-likeness (QED) is 0.809. The second-order valence-electron chi connectivity index (χ2n) is 4.12. The van der Waals surface area contributed by atoms with E-state index in [2.05, 4.69) is 16.6 Å². The van der Waals surface area contributed by atoms with E-state index in [1.165, 1.54) is 7.11 Å². The molecule has 0 aliphatic heterocycles. The standard InChI is InChI=1S/C10H20N2O3.C3H6.C2H6/c1-6-12(4)9(13)8(7(2)3)11-10(14)15-5;1-3-2;1-2/h7-8H,6H2,1-5H3,(H,11,14);3H,1H2,2H3;1-2H3. The molecule has 0 aromatic rings. The molecule has 1 atom stereocenters. The first-order chi connectivity index (χ1) is 9.35. The van der Waals surface area contributed by atoms with E-state index >= 15 is 0 Å². The van der Waals surface area contributed by atoms with Crippen LogP contribution in [-0.4, -0.2) is 43.6 Å². The second kappa shape index (κ2) is 15.5. The summed E-state index contributed by atoms with van der Waals surface area (Å²) in [5.74, 6) is -0.0662. The lowest BCUT2D eigenvalue weighted by Gasteiger charge is -2.25. The summed E-state index contributed by atoms with van der Waals surface area (Å²) in [7, 11) is 2.98. The Morgan fingerprint density at radius 1 is 1.35 bits per heavy atom. The predicted octanol–water partition coefficient (Wildman–Crippen LogP) is 3.06. The van der Waals surface area contributed by atoms with E-state index in [-0.39, 0.29) is 11.8 Å². The molecule has 1 unspecified atom stereocenters. The van der Waals surface area contributed by atoms with Crippen LogP contribution in [0.25, 0.3) is 0 Å². The molecule has 5 nitrogen and oxygen atoms in total.